The smallest absolute Gasteiger partial charge is 0.299 e. The van der Waals surface area contributed by atoms with Crippen molar-refractivity contribution in [3.8, 4) is 23.3 Å². The molecular weight excluding hydrogens is 432 g/mol. The molecule has 4 aliphatic rings. The van der Waals surface area contributed by atoms with Gasteiger partial charge in [0.05, 0.1) is 23.3 Å². The van der Waals surface area contributed by atoms with Gasteiger partial charge >= 0.3 is 0 Å². The quantitative estimate of drug-likeness (QED) is 0.540. The number of furan rings is 1. The van der Waals surface area contributed by atoms with E-state index in [1.54, 1.807) is 30.1 Å². The average Bonchev–Trinajstić information content (AvgIpc) is 3.46. The molecule has 7 nitrogen and oxygen atoms in total. The Morgan fingerprint density at radius 2 is 2.24 bits per heavy atom. The second-order valence-electron chi connectivity index (χ2n) is 9.88. The Labute approximate surface area is 198 Å². The van der Waals surface area contributed by atoms with Crippen molar-refractivity contribution < 1.29 is 24.2 Å². The number of piperidine rings is 1. The molecule has 1 saturated heterocycles. The van der Waals surface area contributed by atoms with Crippen LogP contribution in [-0.4, -0.2) is 69.8 Å². The molecule has 6 rings (SSSR count). The maximum atomic E-state index is 13.0. The fraction of sp³-hybridized carbons (Fsp3) is 0.444. The van der Waals surface area contributed by atoms with Crippen molar-refractivity contribution in [3.05, 3.63) is 60.1 Å². The summed E-state index contributed by atoms with van der Waals surface area (Å²) in [5.74, 6) is 6.10. The maximum Gasteiger partial charge on any atom is 0.299 e. The van der Waals surface area contributed by atoms with E-state index in [1.807, 2.05) is 12.1 Å². The zero-order valence-corrected chi connectivity index (χ0v) is 19.2. The van der Waals surface area contributed by atoms with Crippen molar-refractivity contribution in [2.24, 2.45) is 0 Å². The highest BCUT2D eigenvalue weighted by Crippen LogP contribution is 2.65. The summed E-state index contributed by atoms with van der Waals surface area (Å²) in [6, 6.07) is 6.71. The third-order valence-corrected chi connectivity index (χ3v) is 8.54. The summed E-state index contributed by atoms with van der Waals surface area (Å²) in [4.78, 5) is 17.0. The number of nitrogens with zero attached hydrogens (tertiary/aromatic N) is 2. The molecule has 176 valence electrons. The Kier molecular flexibility index (Phi) is 4.64. The lowest BCUT2D eigenvalue weighted by molar-refractivity contribution is -0.197. The van der Waals surface area contributed by atoms with E-state index in [2.05, 4.69) is 23.3 Å². The minimum atomic E-state index is -1.02. The van der Waals surface area contributed by atoms with Crippen LogP contribution < -0.4 is 4.74 Å². The molecule has 5 atom stereocenters. The number of aromatic hydroxyl groups is 1. The predicted molar refractivity (Wildman–Crippen MR) is 124 cm³/mol. The number of likely N-dealkylation sites (N-methyl/N-ethyl adjacent to an activating group) is 1. The molecular formula is C27H28N2O5. The molecule has 1 amide bonds. The highest BCUT2D eigenvalue weighted by Gasteiger charge is 2.73. The minimum absolute atomic E-state index is 0.0750. The molecule has 1 aromatic carbocycles. The number of carbonyl (C=O) groups excluding carboxylic acids is 1. The third kappa shape index (κ3) is 2.64. The Hall–Kier alpha value is -3.21. The summed E-state index contributed by atoms with van der Waals surface area (Å²) in [6.07, 6.45) is 5.42. The summed E-state index contributed by atoms with van der Waals surface area (Å²) in [5, 5.41) is 23.1. The maximum absolute atomic E-state index is 13.0. The first kappa shape index (κ1) is 21.3. The van der Waals surface area contributed by atoms with E-state index >= 15 is 0 Å². The Bertz CT molecular complexity index is 1230. The SMILES string of the molecule is C=CCN1CC[C@]23c4c5ccc(O)c4O[C@H]2[C@@H](N(C)C(=O)C#Cc2ccco2)CC[C@@]3(O)[C@H]1C5. The van der Waals surface area contributed by atoms with Crippen LogP contribution in [0.15, 0.2) is 47.6 Å². The number of likely N-dealkylation sites (tertiary alicyclic amines) is 1. The van der Waals surface area contributed by atoms with Gasteiger partial charge in [0.1, 0.15) is 6.10 Å². The molecule has 2 aliphatic carbocycles. The summed E-state index contributed by atoms with van der Waals surface area (Å²) in [5.41, 5.74) is 0.321. The van der Waals surface area contributed by atoms with Crippen LogP contribution in [0.4, 0.5) is 0 Å². The van der Waals surface area contributed by atoms with E-state index in [1.165, 1.54) is 6.26 Å². The first-order chi connectivity index (χ1) is 16.4. The molecule has 2 fully saturated rings. The van der Waals surface area contributed by atoms with E-state index in [-0.39, 0.29) is 23.7 Å². The van der Waals surface area contributed by atoms with Gasteiger partial charge in [-0.25, -0.2) is 0 Å². The van der Waals surface area contributed by atoms with Gasteiger partial charge in [0.15, 0.2) is 17.3 Å². The first-order valence-corrected chi connectivity index (χ1v) is 11.8. The summed E-state index contributed by atoms with van der Waals surface area (Å²) >= 11 is 0. The number of phenols is 1. The molecule has 2 N–H and O–H groups in total. The number of benzene rings is 1. The van der Waals surface area contributed by atoms with E-state index in [0.717, 1.165) is 17.7 Å². The summed E-state index contributed by atoms with van der Waals surface area (Å²) in [7, 11) is 1.74. The molecule has 34 heavy (non-hydrogen) atoms. The minimum Gasteiger partial charge on any atom is -0.504 e. The lowest BCUT2D eigenvalue weighted by Crippen LogP contribution is -2.78. The first-order valence-electron chi connectivity index (χ1n) is 11.8. The second kappa shape index (κ2) is 7.39. The van der Waals surface area contributed by atoms with Gasteiger partial charge in [-0.3, -0.25) is 9.69 Å². The Morgan fingerprint density at radius 3 is 3.00 bits per heavy atom. The third-order valence-electron chi connectivity index (χ3n) is 8.54. The molecule has 2 aliphatic heterocycles. The molecule has 1 saturated carbocycles. The van der Waals surface area contributed by atoms with Crippen molar-refractivity contribution in [1.82, 2.24) is 9.80 Å². The number of rotatable bonds is 3. The standard InChI is InChI=1S/C27H28N2O5/c1-3-13-29-14-12-26-23-17-6-8-20(30)24(23)34-25(26)19(10-11-27(26,32)21(29)16-17)28(2)22(31)9-7-18-5-4-15-33-18/h3-6,8,15,19,21,25,30,32H,1,10-14,16H2,2H3/t19-,21+,25-,26-,27+/m0/s1. The normalized spacial score (nSPS) is 32.7. The van der Waals surface area contributed by atoms with E-state index in [4.69, 9.17) is 9.15 Å². The predicted octanol–water partition coefficient (Wildman–Crippen LogP) is 2.20. The molecule has 1 aromatic heterocycles. The number of hydrogen-bond donors (Lipinski definition) is 2. The highest BCUT2D eigenvalue weighted by molar-refractivity contribution is 5.94. The topological polar surface area (TPSA) is 86.4 Å². The average molecular weight is 461 g/mol. The molecule has 7 heteroatoms. The van der Waals surface area contributed by atoms with Gasteiger partial charge in [0.25, 0.3) is 5.91 Å². The largest absolute Gasteiger partial charge is 0.504 e. The molecule has 2 bridgehead atoms. The van der Waals surface area contributed by atoms with Crippen LogP contribution >= 0.6 is 0 Å². The fourth-order valence-corrected chi connectivity index (χ4v) is 7.09. The van der Waals surface area contributed by atoms with Crippen molar-refractivity contribution in [1.29, 1.82) is 0 Å². The number of ether oxygens (including phenoxy) is 1. The summed E-state index contributed by atoms with van der Waals surface area (Å²) < 4.78 is 11.7. The van der Waals surface area contributed by atoms with Gasteiger partial charge in [-0.15, -0.1) is 6.58 Å². The van der Waals surface area contributed by atoms with Crippen LogP contribution in [0.3, 0.4) is 0 Å². The van der Waals surface area contributed by atoms with Crippen LogP contribution in [0.5, 0.6) is 11.5 Å². The van der Waals surface area contributed by atoms with Crippen molar-refractivity contribution in [3.63, 3.8) is 0 Å². The van der Waals surface area contributed by atoms with Crippen molar-refractivity contribution >= 4 is 5.91 Å². The van der Waals surface area contributed by atoms with Gasteiger partial charge in [0.2, 0.25) is 0 Å². The lowest BCUT2D eigenvalue weighted by Gasteiger charge is -2.64. The van der Waals surface area contributed by atoms with E-state index in [0.29, 0.717) is 43.7 Å². The zero-order valence-electron chi connectivity index (χ0n) is 19.2. The molecule has 3 heterocycles. The Balaban J connectivity index is 1.42. The number of phenolic OH excluding ortho intramolecular Hbond substituents is 1. The van der Waals surface area contributed by atoms with Crippen molar-refractivity contribution in [2.75, 3.05) is 20.1 Å². The van der Waals surface area contributed by atoms with Crippen LogP contribution in [0.2, 0.25) is 0 Å². The second-order valence-corrected chi connectivity index (χ2v) is 9.88. The number of carbonyl (C=O) groups is 1. The van der Waals surface area contributed by atoms with Crippen LogP contribution in [0.25, 0.3) is 0 Å². The molecule has 2 aromatic rings. The number of aliphatic hydroxyl groups is 1. The fourth-order valence-electron chi connectivity index (χ4n) is 7.09. The van der Waals surface area contributed by atoms with Gasteiger partial charge in [-0.05, 0) is 61.9 Å². The number of amides is 1. The molecule has 0 radical (unpaired) electrons. The summed E-state index contributed by atoms with van der Waals surface area (Å²) in [6.45, 7) is 5.41. The van der Waals surface area contributed by atoms with Crippen LogP contribution in [0, 0.1) is 11.8 Å². The van der Waals surface area contributed by atoms with Gasteiger partial charge in [0, 0.05) is 31.1 Å². The monoisotopic (exact) mass is 460 g/mol. The van der Waals surface area contributed by atoms with Crippen LogP contribution in [0.1, 0.15) is 36.1 Å². The number of hydrogen-bond acceptors (Lipinski definition) is 6. The highest BCUT2D eigenvalue weighted by atomic mass is 16.5. The lowest BCUT2D eigenvalue weighted by atomic mass is 9.48. The van der Waals surface area contributed by atoms with Gasteiger partial charge in [-0.2, -0.15) is 0 Å². The van der Waals surface area contributed by atoms with Crippen molar-refractivity contribution in [2.45, 2.75) is 54.9 Å². The zero-order chi connectivity index (χ0) is 23.7. The van der Waals surface area contributed by atoms with E-state index < -0.39 is 17.1 Å². The Morgan fingerprint density at radius 1 is 1.38 bits per heavy atom. The van der Waals surface area contributed by atoms with E-state index in [9.17, 15) is 15.0 Å². The van der Waals surface area contributed by atoms with Gasteiger partial charge < -0.3 is 24.3 Å². The van der Waals surface area contributed by atoms with Crippen LogP contribution in [-0.2, 0) is 16.6 Å². The molecule has 1 spiro atoms. The molecule has 0 unspecified atom stereocenters. The van der Waals surface area contributed by atoms with Gasteiger partial charge in [-0.1, -0.05) is 12.1 Å².